The van der Waals surface area contributed by atoms with Crippen LogP contribution in [0, 0.1) is 6.92 Å². The molecule has 2 aliphatic rings. The molecule has 0 unspecified atom stereocenters. The van der Waals surface area contributed by atoms with Crippen molar-refractivity contribution in [2.45, 2.75) is 164 Å². The van der Waals surface area contributed by atoms with Crippen LogP contribution in [-0.4, -0.2) is 11.7 Å². The van der Waals surface area contributed by atoms with Crippen molar-refractivity contribution < 1.29 is 4.42 Å². The molecular weight excluding hydrogens is 838 g/mol. The molecular formula is C64H76BN3O. The molecule has 0 N–H and O–H groups in total. The Kier molecular flexibility index (Phi) is 11.3. The summed E-state index contributed by atoms with van der Waals surface area (Å²) in [6, 6.07) is 44.3. The molecule has 9 rings (SSSR count). The van der Waals surface area contributed by atoms with Gasteiger partial charge in [-0.25, -0.2) is 4.98 Å². The van der Waals surface area contributed by atoms with Crippen molar-refractivity contribution in [1.29, 1.82) is 0 Å². The summed E-state index contributed by atoms with van der Waals surface area (Å²) >= 11 is 0. The summed E-state index contributed by atoms with van der Waals surface area (Å²) in [7, 11) is 0. The molecule has 0 saturated heterocycles. The van der Waals surface area contributed by atoms with Crippen LogP contribution in [0.4, 0.5) is 34.3 Å². The maximum atomic E-state index is 7.33. The quantitative estimate of drug-likeness (QED) is 0.165. The number of fused-ring (bicyclic) bond motifs is 4. The number of benzene rings is 6. The monoisotopic (exact) mass is 914 g/mol. The van der Waals surface area contributed by atoms with E-state index in [1.807, 2.05) is 0 Å². The van der Waals surface area contributed by atoms with Crippen LogP contribution < -0.4 is 26.3 Å². The number of anilines is 6. The second-order valence-corrected chi connectivity index (χ2v) is 26.5. The standard InChI is InChI=1S/C64H76BN3O/c1-39-30-53-55-54(31-39)68(50-36-47(63(14,15)16)33-48(37-50)64(17,18)19)58-56(66-57(69-58)42-22-20-40(21-23-42)41-24-26-43(27-25-41)59(2,3)4)65(55)51-38-44(60(5,6)7)28-29-52(51)67(53)49-34-45(61(8,9)10)32-46(35-49)62(11,12)13/h20-38H,1-19H3. The van der Waals surface area contributed by atoms with Gasteiger partial charge < -0.3 is 9.32 Å². The predicted octanol–water partition coefficient (Wildman–Crippen LogP) is 16.2. The molecule has 0 radical (unpaired) electrons. The van der Waals surface area contributed by atoms with Crippen molar-refractivity contribution in [2.24, 2.45) is 0 Å². The molecule has 7 aromatic rings. The van der Waals surface area contributed by atoms with Gasteiger partial charge in [-0.3, -0.25) is 4.90 Å². The SMILES string of the molecule is Cc1cc2c3c(c1)N(c1cc(C(C)(C)C)cc(C(C)(C)C)c1)c1oc(-c4ccc(-c5ccc(C(C)(C)C)cc5)cc4)nc1B3c1cc(C(C)(C)C)ccc1N2c1cc(C(C)(C)C)cc(C(C)(C)C)c1. The summed E-state index contributed by atoms with van der Waals surface area (Å²) in [5, 5.41) is 0. The third-order valence-corrected chi connectivity index (χ3v) is 14.6. The first-order chi connectivity index (χ1) is 31.9. The van der Waals surface area contributed by atoms with E-state index in [9.17, 15) is 0 Å². The molecule has 4 nitrogen and oxygen atoms in total. The van der Waals surface area contributed by atoms with E-state index in [0.717, 1.165) is 28.4 Å². The zero-order valence-electron chi connectivity index (χ0n) is 45.3. The van der Waals surface area contributed by atoms with Gasteiger partial charge in [-0.15, -0.1) is 0 Å². The largest absolute Gasteiger partial charge is 0.420 e. The van der Waals surface area contributed by atoms with Crippen LogP contribution in [0.15, 0.2) is 120 Å². The van der Waals surface area contributed by atoms with E-state index in [1.165, 1.54) is 78.1 Å². The molecule has 1 aromatic heterocycles. The minimum Gasteiger partial charge on any atom is -0.420 e. The molecule has 356 valence electrons. The van der Waals surface area contributed by atoms with Crippen LogP contribution in [0.5, 0.6) is 0 Å². The van der Waals surface area contributed by atoms with Gasteiger partial charge in [0.2, 0.25) is 11.8 Å². The zero-order chi connectivity index (χ0) is 50.1. The Hall–Kier alpha value is -5.81. The van der Waals surface area contributed by atoms with Crippen molar-refractivity contribution in [1.82, 2.24) is 4.98 Å². The molecule has 6 aromatic carbocycles. The van der Waals surface area contributed by atoms with E-state index in [2.05, 4.69) is 257 Å². The summed E-state index contributed by atoms with van der Waals surface area (Å²) < 4.78 is 7.33. The average Bonchev–Trinajstić information content (AvgIpc) is 3.69. The third-order valence-electron chi connectivity index (χ3n) is 14.6. The maximum absolute atomic E-state index is 7.33. The highest BCUT2D eigenvalue weighted by atomic mass is 16.4. The number of aryl methyl sites for hydroxylation is 1. The fourth-order valence-corrected chi connectivity index (χ4v) is 10.1. The Labute approximate surface area is 415 Å². The van der Waals surface area contributed by atoms with Gasteiger partial charge in [0.25, 0.3) is 6.71 Å². The fourth-order valence-electron chi connectivity index (χ4n) is 10.1. The molecule has 2 aliphatic heterocycles. The van der Waals surface area contributed by atoms with Crippen molar-refractivity contribution in [3.8, 4) is 22.6 Å². The molecule has 0 bridgehead atoms. The topological polar surface area (TPSA) is 32.5 Å². The first-order valence-electron chi connectivity index (χ1n) is 25.3. The summed E-state index contributed by atoms with van der Waals surface area (Å²) in [4.78, 5) is 10.7. The summed E-state index contributed by atoms with van der Waals surface area (Å²) in [5.41, 5.74) is 21.3. The zero-order valence-corrected chi connectivity index (χ0v) is 45.3. The number of hydrogen-bond donors (Lipinski definition) is 0. The van der Waals surface area contributed by atoms with E-state index >= 15 is 0 Å². The Bertz CT molecular complexity index is 3040. The van der Waals surface area contributed by atoms with Gasteiger partial charge in [0, 0.05) is 34.0 Å². The molecule has 5 heteroatoms. The van der Waals surface area contributed by atoms with Gasteiger partial charge >= 0.3 is 0 Å². The number of hydrogen-bond acceptors (Lipinski definition) is 4. The first kappa shape index (κ1) is 48.2. The van der Waals surface area contributed by atoms with E-state index < -0.39 is 0 Å². The Morgan fingerprint density at radius 2 is 0.783 bits per heavy atom. The van der Waals surface area contributed by atoms with E-state index in [1.54, 1.807) is 0 Å². The molecule has 0 aliphatic carbocycles. The van der Waals surface area contributed by atoms with E-state index in [0.29, 0.717) is 5.89 Å². The van der Waals surface area contributed by atoms with E-state index in [-0.39, 0.29) is 39.2 Å². The van der Waals surface area contributed by atoms with Gasteiger partial charge in [-0.05, 0) is 155 Å². The average molecular weight is 914 g/mol. The van der Waals surface area contributed by atoms with Crippen molar-refractivity contribution in [2.75, 3.05) is 9.80 Å². The molecule has 0 amide bonds. The Morgan fingerprint density at radius 1 is 0.391 bits per heavy atom. The first-order valence-corrected chi connectivity index (χ1v) is 25.3. The minimum atomic E-state index is -0.186. The lowest BCUT2D eigenvalue weighted by Gasteiger charge is -2.43. The van der Waals surface area contributed by atoms with Crippen LogP contribution in [-0.2, 0) is 32.5 Å². The van der Waals surface area contributed by atoms with Crippen LogP contribution in [0.1, 0.15) is 164 Å². The number of nitrogens with zero attached hydrogens (tertiary/aromatic N) is 3. The van der Waals surface area contributed by atoms with Gasteiger partial charge in [-0.2, -0.15) is 0 Å². The smallest absolute Gasteiger partial charge is 0.279 e. The van der Waals surface area contributed by atoms with Crippen molar-refractivity contribution in [3.63, 3.8) is 0 Å². The van der Waals surface area contributed by atoms with Crippen molar-refractivity contribution >= 4 is 57.6 Å². The minimum absolute atomic E-state index is 0.0555. The lowest BCUT2D eigenvalue weighted by Crippen LogP contribution is -2.62. The normalized spacial score (nSPS) is 14.2. The predicted molar refractivity (Wildman–Crippen MR) is 298 cm³/mol. The number of aromatic nitrogens is 1. The van der Waals surface area contributed by atoms with Gasteiger partial charge in [0.1, 0.15) is 0 Å². The van der Waals surface area contributed by atoms with Crippen LogP contribution in [0.2, 0.25) is 0 Å². The van der Waals surface area contributed by atoms with Crippen molar-refractivity contribution in [3.05, 3.63) is 154 Å². The Balaban J connectivity index is 1.34. The number of rotatable bonds is 4. The van der Waals surface area contributed by atoms with Gasteiger partial charge in [0.05, 0.1) is 5.59 Å². The number of oxazole rings is 1. The Morgan fingerprint density at radius 3 is 1.23 bits per heavy atom. The fraction of sp³-hybridized carbons (Fsp3) is 0.391. The van der Waals surface area contributed by atoms with Crippen LogP contribution in [0.3, 0.4) is 0 Å². The molecule has 0 fully saturated rings. The third kappa shape index (κ3) is 8.89. The lowest BCUT2D eigenvalue weighted by atomic mass is 9.35. The molecule has 3 heterocycles. The molecule has 0 atom stereocenters. The van der Waals surface area contributed by atoms with Crippen LogP contribution in [0.25, 0.3) is 22.6 Å². The molecule has 0 saturated carbocycles. The maximum Gasteiger partial charge on any atom is 0.279 e. The summed E-state index contributed by atoms with van der Waals surface area (Å²) in [5.74, 6) is 1.40. The van der Waals surface area contributed by atoms with Crippen LogP contribution >= 0.6 is 0 Å². The highest BCUT2D eigenvalue weighted by Gasteiger charge is 2.47. The summed E-state index contributed by atoms with van der Waals surface area (Å²) in [6.07, 6.45) is 0. The summed E-state index contributed by atoms with van der Waals surface area (Å²) in [6.45, 7) is 43.7. The second kappa shape index (κ2) is 16.1. The lowest BCUT2D eigenvalue weighted by molar-refractivity contribution is 0.566. The highest BCUT2D eigenvalue weighted by Crippen LogP contribution is 2.48. The van der Waals surface area contributed by atoms with E-state index in [4.69, 9.17) is 9.40 Å². The molecule has 69 heavy (non-hydrogen) atoms. The second-order valence-electron chi connectivity index (χ2n) is 26.5. The van der Waals surface area contributed by atoms with Gasteiger partial charge in [-0.1, -0.05) is 185 Å². The van der Waals surface area contributed by atoms with Gasteiger partial charge in [0.15, 0.2) is 0 Å². The highest BCUT2D eigenvalue weighted by molar-refractivity contribution is 6.99. The molecule has 0 spiro atoms.